The van der Waals surface area contributed by atoms with Gasteiger partial charge in [0.25, 0.3) is 0 Å². The second-order valence-corrected chi connectivity index (χ2v) is 2.10. The first-order chi connectivity index (χ1) is 3.45. The SMILES string of the molecule is [CH]1OC2C=CC1C2. The van der Waals surface area contributed by atoms with Crippen LogP contribution in [-0.2, 0) is 4.74 Å². The van der Waals surface area contributed by atoms with E-state index in [4.69, 9.17) is 4.74 Å². The van der Waals surface area contributed by atoms with Gasteiger partial charge in [0.05, 0.1) is 12.7 Å². The zero-order chi connectivity index (χ0) is 4.69. The molecule has 1 aliphatic heterocycles. The molecule has 2 atom stereocenters. The smallest absolute Gasteiger partial charge is 0.0914 e. The van der Waals surface area contributed by atoms with Crippen LogP contribution >= 0.6 is 0 Å². The molecule has 0 aromatic carbocycles. The predicted molar refractivity (Wildman–Crippen MR) is 26.4 cm³/mol. The van der Waals surface area contributed by atoms with Gasteiger partial charge in [0.2, 0.25) is 0 Å². The average molecular weight is 95.1 g/mol. The third-order valence-corrected chi connectivity index (χ3v) is 1.51. The third kappa shape index (κ3) is 0.416. The van der Waals surface area contributed by atoms with Gasteiger partial charge in [-0.15, -0.1) is 0 Å². The van der Waals surface area contributed by atoms with Gasteiger partial charge in [-0.1, -0.05) is 12.2 Å². The molecule has 7 heavy (non-hydrogen) atoms. The van der Waals surface area contributed by atoms with Crippen LogP contribution in [0.3, 0.4) is 0 Å². The van der Waals surface area contributed by atoms with Crippen molar-refractivity contribution in [3.8, 4) is 0 Å². The maximum atomic E-state index is 5.14. The Balaban J connectivity index is 2.27. The molecule has 0 N–H and O–H groups in total. The van der Waals surface area contributed by atoms with Crippen molar-refractivity contribution in [2.24, 2.45) is 5.92 Å². The van der Waals surface area contributed by atoms with Crippen LogP contribution in [0.1, 0.15) is 6.42 Å². The molecule has 1 fully saturated rings. The quantitative estimate of drug-likeness (QED) is 0.410. The number of rotatable bonds is 0. The Morgan fingerprint density at radius 2 is 2.43 bits per heavy atom. The van der Waals surface area contributed by atoms with Crippen LogP contribution in [0, 0.1) is 12.5 Å². The van der Waals surface area contributed by atoms with Crippen molar-refractivity contribution in [2.45, 2.75) is 12.5 Å². The van der Waals surface area contributed by atoms with Crippen LogP contribution in [0.2, 0.25) is 0 Å². The summed E-state index contributed by atoms with van der Waals surface area (Å²) in [5.74, 6) is 0.644. The number of hydrogen-bond donors (Lipinski definition) is 0. The van der Waals surface area contributed by atoms with E-state index < -0.39 is 0 Å². The van der Waals surface area contributed by atoms with Crippen LogP contribution in [0.25, 0.3) is 0 Å². The van der Waals surface area contributed by atoms with Crippen LogP contribution in [0.4, 0.5) is 0 Å². The summed E-state index contributed by atoms with van der Waals surface area (Å²) < 4.78 is 5.14. The fourth-order valence-electron chi connectivity index (χ4n) is 1.10. The second-order valence-electron chi connectivity index (χ2n) is 2.10. The highest BCUT2D eigenvalue weighted by molar-refractivity contribution is 5.10. The lowest BCUT2D eigenvalue weighted by Crippen LogP contribution is -1.95. The molecule has 0 spiro atoms. The average Bonchev–Trinajstić information content (AvgIpc) is 2.22. The highest BCUT2D eigenvalue weighted by atomic mass is 16.5. The summed E-state index contributed by atoms with van der Waals surface area (Å²) in [6.45, 7) is 1.92. The van der Waals surface area contributed by atoms with Crippen LogP contribution < -0.4 is 0 Å². The summed E-state index contributed by atoms with van der Waals surface area (Å²) >= 11 is 0. The fraction of sp³-hybridized carbons (Fsp3) is 0.500. The van der Waals surface area contributed by atoms with Crippen molar-refractivity contribution in [3.63, 3.8) is 0 Å². The molecule has 37 valence electrons. The summed E-state index contributed by atoms with van der Waals surface area (Å²) in [6, 6.07) is 0. The summed E-state index contributed by atoms with van der Waals surface area (Å²) in [7, 11) is 0. The molecular formula is C6H7O. The molecule has 2 unspecified atom stereocenters. The molecule has 2 rings (SSSR count). The molecule has 1 aliphatic carbocycles. The minimum absolute atomic E-state index is 0.435. The minimum Gasteiger partial charge on any atom is -0.368 e. The maximum Gasteiger partial charge on any atom is 0.0914 e. The Morgan fingerprint density at radius 1 is 1.43 bits per heavy atom. The van der Waals surface area contributed by atoms with Gasteiger partial charge in [-0.25, -0.2) is 0 Å². The van der Waals surface area contributed by atoms with E-state index in [1.807, 2.05) is 6.61 Å². The van der Waals surface area contributed by atoms with Crippen molar-refractivity contribution in [1.82, 2.24) is 0 Å². The molecule has 0 amide bonds. The lowest BCUT2D eigenvalue weighted by Gasteiger charge is -1.99. The Morgan fingerprint density at radius 3 is 2.57 bits per heavy atom. The van der Waals surface area contributed by atoms with E-state index in [2.05, 4.69) is 12.2 Å². The Hall–Kier alpha value is -0.300. The van der Waals surface area contributed by atoms with Crippen LogP contribution in [0.5, 0.6) is 0 Å². The standard InChI is InChI=1S/C6H7O/c1-2-6-3-5(1)4-7-6/h1-2,4-6H,3H2. The van der Waals surface area contributed by atoms with Crippen molar-refractivity contribution >= 4 is 0 Å². The molecule has 1 radical (unpaired) electrons. The zero-order valence-electron chi connectivity index (χ0n) is 4.00. The lowest BCUT2D eigenvalue weighted by molar-refractivity contribution is 0.188. The summed E-state index contributed by atoms with van der Waals surface area (Å²) in [4.78, 5) is 0. The molecule has 0 aromatic rings. The van der Waals surface area contributed by atoms with E-state index in [-0.39, 0.29) is 0 Å². The van der Waals surface area contributed by atoms with E-state index >= 15 is 0 Å². The van der Waals surface area contributed by atoms with Gasteiger partial charge in [-0.3, -0.25) is 0 Å². The number of ether oxygens (including phenoxy) is 1. The van der Waals surface area contributed by atoms with Crippen LogP contribution in [-0.4, -0.2) is 6.10 Å². The number of hydrogen-bond acceptors (Lipinski definition) is 1. The van der Waals surface area contributed by atoms with Gasteiger partial charge < -0.3 is 4.74 Å². The lowest BCUT2D eigenvalue weighted by atomic mass is 10.2. The fourth-order valence-corrected chi connectivity index (χ4v) is 1.10. The highest BCUT2D eigenvalue weighted by Crippen LogP contribution is 2.30. The summed E-state index contributed by atoms with van der Waals surface area (Å²) in [6.07, 6.45) is 5.96. The molecule has 1 heteroatoms. The molecule has 0 saturated carbocycles. The zero-order valence-corrected chi connectivity index (χ0v) is 4.00. The van der Waals surface area contributed by atoms with E-state index in [0.29, 0.717) is 12.0 Å². The van der Waals surface area contributed by atoms with Crippen LogP contribution in [0.15, 0.2) is 12.2 Å². The largest absolute Gasteiger partial charge is 0.368 e. The molecule has 1 heterocycles. The molecule has 0 aromatic heterocycles. The molecule has 2 bridgehead atoms. The van der Waals surface area contributed by atoms with E-state index in [9.17, 15) is 0 Å². The van der Waals surface area contributed by atoms with Gasteiger partial charge in [-0.2, -0.15) is 0 Å². The first-order valence-electron chi connectivity index (χ1n) is 2.62. The first kappa shape index (κ1) is 3.67. The third-order valence-electron chi connectivity index (χ3n) is 1.51. The predicted octanol–water partition coefficient (Wildman–Crippen LogP) is 1.12. The van der Waals surface area contributed by atoms with Crippen molar-refractivity contribution in [3.05, 3.63) is 18.8 Å². The van der Waals surface area contributed by atoms with Crippen molar-refractivity contribution < 1.29 is 4.74 Å². The van der Waals surface area contributed by atoms with Gasteiger partial charge in [0.1, 0.15) is 0 Å². The van der Waals surface area contributed by atoms with Gasteiger partial charge >= 0.3 is 0 Å². The van der Waals surface area contributed by atoms with E-state index in [1.165, 1.54) is 6.42 Å². The Kier molecular flexibility index (Phi) is 0.577. The Labute approximate surface area is 43.0 Å². The Bertz CT molecular complexity index is 94.7. The minimum atomic E-state index is 0.435. The summed E-state index contributed by atoms with van der Waals surface area (Å²) in [5, 5.41) is 0. The van der Waals surface area contributed by atoms with Crippen molar-refractivity contribution in [2.75, 3.05) is 0 Å². The normalized spacial score (nSPS) is 45.7. The topological polar surface area (TPSA) is 9.23 Å². The molecular weight excluding hydrogens is 88.1 g/mol. The first-order valence-corrected chi connectivity index (χ1v) is 2.62. The second kappa shape index (κ2) is 1.10. The molecule has 1 saturated heterocycles. The van der Waals surface area contributed by atoms with Crippen molar-refractivity contribution in [1.29, 1.82) is 0 Å². The monoisotopic (exact) mass is 95.0 g/mol. The molecule has 1 nitrogen and oxygen atoms in total. The maximum absolute atomic E-state index is 5.14. The van der Waals surface area contributed by atoms with Gasteiger partial charge in [-0.05, 0) is 6.42 Å². The molecule has 2 aliphatic rings. The van der Waals surface area contributed by atoms with Gasteiger partial charge in [0, 0.05) is 5.92 Å². The highest BCUT2D eigenvalue weighted by Gasteiger charge is 2.26. The summed E-state index contributed by atoms with van der Waals surface area (Å²) in [5.41, 5.74) is 0. The van der Waals surface area contributed by atoms with E-state index in [1.54, 1.807) is 0 Å². The van der Waals surface area contributed by atoms with Gasteiger partial charge in [0.15, 0.2) is 0 Å². The van der Waals surface area contributed by atoms with E-state index in [0.717, 1.165) is 0 Å². The number of fused-ring (bicyclic) bond motifs is 2.